The topological polar surface area (TPSA) is 183 Å². The fourth-order valence-corrected chi connectivity index (χ4v) is 7.70. The van der Waals surface area contributed by atoms with E-state index in [0.29, 0.717) is 68.9 Å². The summed E-state index contributed by atoms with van der Waals surface area (Å²) >= 11 is 0. The van der Waals surface area contributed by atoms with Crippen molar-refractivity contribution < 1.29 is 52.3 Å². The maximum atomic E-state index is 13.0. The zero-order valence-electron chi connectivity index (χ0n) is 35.2. The average Bonchev–Trinajstić information content (AvgIpc) is 3.54. The first-order chi connectivity index (χ1) is 27.7. The van der Waals surface area contributed by atoms with Gasteiger partial charge in [0.15, 0.2) is 23.0 Å². The molecule has 0 spiro atoms. The van der Waals surface area contributed by atoms with Crippen LogP contribution in [0, 0.1) is 23.2 Å². The predicted octanol–water partition coefficient (Wildman–Crippen LogP) is 6.06. The van der Waals surface area contributed by atoms with Crippen molar-refractivity contribution in [3.63, 3.8) is 0 Å². The van der Waals surface area contributed by atoms with Gasteiger partial charge in [0.25, 0.3) is 0 Å². The van der Waals surface area contributed by atoms with Gasteiger partial charge in [-0.1, -0.05) is 38.0 Å². The van der Waals surface area contributed by atoms with Gasteiger partial charge in [-0.05, 0) is 99.1 Å². The molecule has 1 amide bonds. The Hall–Kier alpha value is -4.82. The zero-order chi connectivity index (χ0) is 42.4. The van der Waals surface area contributed by atoms with E-state index in [1.54, 1.807) is 32.4 Å². The van der Waals surface area contributed by atoms with E-state index in [2.05, 4.69) is 31.1 Å². The van der Waals surface area contributed by atoms with Crippen LogP contribution in [-0.2, 0) is 41.4 Å². The molecule has 14 heteroatoms. The van der Waals surface area contributed by atoms with Gasteiger partial charge < -0.3 is 49.5 Å². The van der Waals surface area contributed by atoms with Crippen LogP contribution in [0.5, 0.6) is 23.0 Å². The van der Waals surface area contributed by atoms with Crippen molar-refractivity contribution in [1.29, 1.82) is 0 Å². The lowest BCUT2D eigenvalue weighted by Gasteiger charge is -2.29. The number of alkyl carbamates (subject to hydrolysis) is 1. The minimum absolute atomic E-state index is 0.0411. The minimum Gasteiger partial charge on any atom is -0.493 e. The number of rotatable bonds is 21. The molecule has 2 aromatic rings. The maximum Gasteiger partial charge on any atom is 0.410 e. The van der Waals surface area contributed by atoms with Crippen LogP contribution < -0.4 is 35.3 Å². The number of amides is 1. The van der Waals surface area contributed by atoms with Crippen molar-refractivity contribution in [1.82, 2.24) is 10.6 Å². The van der Waals surface area contributed by atoms with Crippen molar-refractivity contribution in [3.05, 3.63) is 59.7 Å². The number of nitrogens with one attached hydrogen (secondary N) is 2. The van der Waals surface area contributed by atoms with Gasteiger partial charge in [0.05, 0.1) is 39.8 Å². The molecule has 14 nitrogen and oxygen atoms in total. The molecule has 4 rings (SSSR count). The fraction of sp³-hybridized carbons (Fsp3) is 0.591. The smallest absolute Gasteiger partial charge is 0.410 e. The minimum atomic E-state index is -1.02. The third-order valence-electron chi connectivity index (χ3n) is 11.3. The highest BCUT2D eigenvalue weighted by Crippen LogP contribution is 2.36. The largest absolute Gasteiger partial charge is 0.493 e. The second-order valence-corrected chi connectivity index (χ2v) is 15.9. The number of carbonyl (C=O) groups is 4. The lowest BCUT2D eigenvalue weighted by molar-refractivity contribution is -0.171. The van der Waals surface area contributed by atoms with E-state index in [1.165, 1.54) is 14.0 Å². The Bertz CT molecular complexity index is 1730. The Kier molecular flexibility index (Phi) is 17.2. The molecule has 58 heavy (non-hydrogen) atoms. The lowest BCUT2D eigenvalue weighted by Crippen LogP contribution is -2.47. The number of methoxy groups -OCH3 is 3. The summed E-state index contributed by atoms with van der Waals surface area (Å²) in [6, 6.07) is 10.0. The van der Waals surface area contributed by atoms with E-state index in [9.17, 15) is 19.2 Å². The molecule has 2 aliphatic rings. The Morgan fingerprint density at radius 3 is 2.17 bits per heavy atom. The van der Waals surface area contributed by atoms with Crippen LogP contribution in [0.4, 0.5) is 4.79 Å². The van der Waals surface area contributed by atoms with Crippen molar-refractivity contribution in [3.8, 4) is 23.0 Å². The third kappa shape index (κ3) is 13.4. The summed E-state index contributed by atoms with van der Waals surface area (Å²) in [7, 11) is 4.65. The molecule has 1 saturated carbocycles. The molecule has 2 aromatic carbocycles. The van der Waals surface area contributed by atoms with Gasteiger partial charge in [-0.2, -0.15) is 0 Å². The first-order valence-electron chi connectivity index (χ1n) is 20.2. The predicted molar refractivity (Wildman–Crippen MR) is 218 cm³/mol. The molecule has 2 fully saturated rings. The second kappa shape index (κ2) is 21.8. The molecule has 2 unspecified atom stereocenters. The van der Waals surface area contributed by atoms with E-state index in [-0.39, 0.29) is 47.5 Å². The molecular formula is C44H63N3O11. The number of nitrogens with two attached hydrogens (primary N) is 1. The van der Waals surface area contributed by atoms with Gasteiger partial charge in [-0.25, -0.2) is 9.59 Å². The standard InChI is InChI=1S/C44H63N3O11/c1-9-44(5,24-27(2)3)18-19-46-43(51)57-28(4)56-40(48)31-12-14-33(15-13-31)47-25-35(45)42(50)58-37-17-11-30(23-39(37)54-8)21-34-32(26-55-41(34)49)20-29-10-16-36(52-6)38(22-29)53-7/h10-11,16-17,22-23,28,31-35,47H,2,9,12-15,18-21,24-26,45H2,1,3-8H3,(H,46,51)/t28?,31?,32-,33?,34+,35-,44?/m0/s1. The summed E-state index contributed by atoms with van der Waals surface area (Å²) in [5.74, 6) is -0.215. The molecule has 1 heterocycles. The quantitative estimate of drug-likeness (QED) is 0.0574. The highest BCUT2D eigenvalue weighted by molar-refractivity contribution is 5.79. The number of hydrogen-bond acceptors (Lipinski definition) is 13. The number of allylic oxidation sites excluding steroid dienone is 1. The zero-order valence-corrected chi connectivity index (χ0v) is 35.2. The molecule has 1 aliphatic heterocycles. The molecule has 0 bridgehead atoms. The van der Waals surface area contributed by atoms with E-state index >= 15 is 0 Å². The first-order valence-corrected chi connectivity index (χ1v) is 20.2. The van der Waals surface area contributed by atoms with Gasteiger partial charge in [-0.15, -0.1) is 6.58 Å². The van der Waals surface area contributed by atoms with E-state index in [1.807, 2.05) is 25.1 Å². The Labute approximate surface area is 342 Å². The SMILES string of the molecule is C=C(C)CC(C)(CC)CCNC(=O)OC(C)OC(=O)C1CCC(NC[C@H](N)C(=O)Oc2ccc(C[C@H]3C(=O)OC[C@@H]3Cc3ccc(OC)c(OC)c3)cc2OC)CC1. The average molecular weight is 810 g/mol. The van der Waals surface area contributed by atoms with Gasteiger partial charge in [-0.3, -0.25) is 9.59 Å². The molecule has 5 atom stereocenters. The molecular weight excluding hydrogens is 746 g/mol. The van der Waals surface area contributed by atoms with Crippen LogP contribution in [-0.4, -0.2) is 83.4 Å². The van der Waals surface area contributed by atoms with Gasteiger partial charge >= 0.3 is 24.0 Å². The van der Waals surface area contributed by atoms with Crippen LogP contribution in [0.1, 0.15) is 83.8 Å². The number of benzene rings is 2. The second-order valence-electron chi connectivity index (χ2n) is 15.9. The Morgan fingerprint density at radius 1 is 0.931 bits per heavy atom. The van der Waals surface area contributed by atoms with Crippen LogP contribution in [0.15, 0.2) is 48.6 Å². The highest BCUT2D eigenvalue weighted by atomic mass is 16.7. The van der Waals surface area contributed by atoms with Crippen molar-refractivity contribution in [2.24, 2.45) is 28.9 Å². The number of esters is 3. The maximum absolute atomic E-state index is 13.0. The summed E-state index contributed by atoms with van der Waals surface area (Å²) in [6.07, 6.45) is 4.52. The molecule has 0 radical (unpaired) electrons. The van der Waals surface area contributed by atoms with Gasteiger partial charge in [0, 0.05) is 32.0 Å². The monoisotopic (exact) mass is 809 g/mol. The van der Waals surface area contributed by atoms with Crippen LogP contribution in [0.3, 0.4) is 0 Å². The molecule has 4 N–H and O–H groups in total. The third-order valence-corrected chi connectivity index (χ3v) is 11.3. The number of hydrogen-bond donors (Lipinski definition) is 3. The van der Waals surface area contributed by atoms with Crippen molar-refractivity contribution in [2.75, 3.05) is 41.0 Å². The number of carbonyl (C=O) groups excluding carboxylic acids is 4. The van der Waals surface area contributed by atoms with Crippen LogP contribution in [0.25, 0.3) is 0 Å². The summed E-state index contributed by atoms with van der Waals surface area (Å²) in [5.41, 5.74) is 9.20. The highest BCUT2D eigenvalue weighted by Gasteiger charge is 2.37. The summed E-state index contributed by atoms with van der Waals surface area (Å²) in [5, 5.41) is 6.08. The number of cyclic esters (lactones) is 1. The Morgan fingerprint density at radius 2 is 1.55 bits per heavy atom. The van der Waals surface area contributed by atoms with Crippen LogP contribution >= 0.6 is 0 Å². The van der Waals surface area contributed by atoms with Crippen LogP contribution in [0.2, 0.25) is 0 Å². The molecule has 1 aliphatic carbocycles. The van der Waals surface area contributed by atoms with Crippen molar-refractivity contribution in [2.45, 2.75) is 104 Å². The van der Waals surface area contributed by atoms with Gasteiger partial charge in [0.2, 0.25) is 6.29 Å². The van der Waals surface area contributed by atoms with E-state index in [4.69, 9.17) is 38.9 Å². The van der Waals surface area contributed by atoms with Crippen molar-refractivity contribution >= 4 is 24.0 Å². The van der Waals surface area contributed by atoms with E-state index < -0.39 is 30.4 Å². The fourth-order valence-electron chi connectivity index (χ4n) is 7.70. The van der Waals surface area contributed by atoms with Gasteiger partial charge in [0.1, 0.15) is 6.04 Å². The molecule has 1 saturated heterocycles. The normalized spacial score (nSPS) is 21.1. The number of ether oxygens (including phenoxy) is 7. The Balaban J connectivity index is 1.18. The summed E-state index contributed by atoms with van der Waals surface area (Å²) in [6.45, 7) is 12.8. The summed E-state index contributed by atoms with van der Waals surface area (Å²) < 4.78 is 38.1. The summed E-state index contributed by atoms with van der Waals surface area (Å²) in [4.78, 5) is 50.9. The lowest BCUT2D eigenvalue weighted by atomic mass is 9.79. The molecule has 0 aromatic heterocycles. The van der Waals surface area contributed by atoms with E-state index in [0.717, 1.165) is 36.0 Å². The molecule has 320 valence electrons. The first kappa shape index (κ1) is 45.9.